The first-order chi connectivity index (χ1) is 14.0. The molecule has 0 aliphatic rings. The summed E-state index contributed by atoms with van der Waals surface area (Å²) < 4.78 is 5.99. The Balaban J connectivity index is 1.74. The van der Waals surface area contributed by atoms with Crippen molar-refractivity contribution in [2.75, 3.05) is 18.5 Å². The van der Waals surface area contributed by atoms with Gasteiger partial charge in [0.2, 0.25) is 0 Å². The number of halogens is 2. The van der Waals surface area contributed by atoms with E-state index >= 15 is 0 Å². The van der Waals surface area contributed by atoms with Crippen molar-refractivity contribution in [3.63, 3.8) is 0 Å². The molecule has 0 aliphatic heterocycles. The number of anilines is 2. The van der Waals surface area contributed by atoms with Gasteiger partial charge in [0.25, 0.3) is 0 Å². The Morgan fingerprint density at radius 1 is 0.966 bits per heavy atom. The van der Waals surface area contributed by atoms with Crippen molar-refractivity contribution in [2.45, 2.75) is 0 Å². The van der Waals surface area contributed by atoms with Gasteiger partial charge in [0.05, 0.1) is 12.1 Å². The highest BCUT2D eigenvalue weighted by Crippen LogP contribution is 2.37. The zero-order valence-electron chi connectivity index (χ0n) is 15.4. The van der Waals surface area contributed by atoms with E-state index in [4.69, 9.17) is 39.1 Å². The Labute approximate surface area is 177 Å². The van der Waals surface area contributed by atoms with Crippen LogP contribution < -0.4 is 21.1 Å². The number of aromatic amines is 1. The number of hydrogen-bond acceptors (Lipinski definition) is 3. The minimum absolute atomic E-state index is 0.0860. The fourth-order valence-electron chi connectivity index (χ4n) is 3.17. The fourth-order valence-corrected chi connectivity index (χ4v) is 3.47. The Bertz CT molecular complexity index is 1190. The summed E-state index contributed by atoms with van der Waals surface area (Å²) in [6, 6.07) is 17.2. The van der Waals surface area contributed by atoms with Gasteiger partial charge in [-0.1, -0.05) is 23.2 Å². The van der Waals surface area contributed by atoms with Crippen molar-refractivity contribution in [2.24, 2.45) is 5.73 Å². The second-order valence-corrected chi connectivity index (χ2v) is 7.41. The van der Waals surface area contributed by atoms with Gasteiger partial charge >= 0.3 is 0 Å². The molecule has 0 unspecified atom stereocenters. The van der Waals surface area contributed by atoms with Gasteiger partial charge in [-0.25, -0.2) is 0 Å². The molecular weight excluding hydrogens is 409 g/mol. The molecule has 0 radical (unpaired) electrons. The highest BCUT2D eigenvalue weighted by Gasteiger charge is 2.12. The molecule has 0 bridgehead atoms. The third-order valence-electron chi connectivity index (χ3n) is 4.44. The van der Waals surface area contributed by atoms with E-state index in [1.807, 2.05) is 48.5 Å². The number of ether oxygens (including phenoxy) is 1. The summed E-state index contributed by atoms with van der Waals surface area (Å²) in [6.07, 6.45) is 0. The normalized spacial score (nSPS) is 11.0. The highest BCUT2D eigenvalue weighted by atomic mass is 35.5. The predicted octanol–water partition coefficient (Wildman–Crippen LogP) is 5.23. The second kappa shape index (κ2) is 8.11. The molecule has 0 spiro atoms. The van der Waals surface area contributed by atoms with Gasteiger partial charge in [0, 0.05) is 43.8 Å². The molecule has 0 saturated heterocycles. The van der Waals surface area contributed by atoms with Crippen molar-refractivity contribution in [1.29, 1.82) is 5.41 Å². The molecule has 29 heavy (non-hydrogen) atoms. The quantitative estimate of drug-likeness (QED) is 0.165. The summed E-state index contributed by atoms with van der Waals surface area (Å²) in [4.78, 5) is 3.41. The maximum atomic E-state index is 7.25. The average Bonchev–Trinajstić information content (AvgIpc) is 3.05. The first-order valence-electron chi connectivity index (χ1n) is 8.98. The summed E-state index contributed by atoms with van der Waals surface area (Å²) in [5.41, 5.74) is 8.96. The minimum atomic E-state index is -0.0860. The number of benzene rings is 3. The smallest absolute Gasteiger partial charge is 0.185 e. The average molecular weight is 428 g/mol. The monoisotopic (exact) mass is 427 g/mol. The number of H-pyrrole nitrogens is 1. The topological polar surface area (TPSA) is 99.0 Å². The molecule has 1 heterocycles. The van der Waals surface area contributed by atoms with Gasteiger partial charge in [0.1, 0.15) is 12.4 Å². The lowest BCUT2D eigenvalue weighted by Crippen LogP contribution is -2.33. The lowest BCUT2D eigenvalue weighted by atomic mass is 10.1. The Morgan fingerprint density at radius 3 is 2.48 bits per heavy atom. The summed E-state index contributed by atoms with van der Waals surface area (Å²) in [7, 11) is 0. The van der Waals surface area contributed by atoms with Crippen LogP contribution in [0.4, 0.5) is 11.4 Å². The standard InChI is InChI=1S/C21H19Cl2N5O/c22-12-1-4-14(5-2-12)27-15-10-17-16-9-13(23)3-6-18(16)28-20(17)19(11-15)29-8-7-26-21(24)25/h1-6,9-11,27-28H,7-8H2,(H4,24,25,26). The first kappa shape index (κ1) is 19.2. The lowest BCUT2D eigenvalue weighted by Gasteiger charge is -2.12. The second-order valence-electron chi connectivity index (χ2n) is 6.53. The Hall–Kier alpha value is -3.09. The van der Waals surface area contributed by atoms with E-state index in [1.165, 1.54) is 0 Å². The molecule has 0 fully saturated rings. The van der Waals surface area contributed by atoms with Crippen LogP contribution in [0, 0.1) is 5.41 Å². The number of hydrogen-bond donors (Lipinski definition) is 5. The summed E-state index contributed by atoms with van der Waals surface area (Å²) in [6.45, 7) is 0.785. The number of nitrogens with two attached hydrogens (primary N) is 1. The summed E-state index contributed by atoms with van der Waals surface area (Å²) in [5.74, 6) is 0.605. The van der Waals surface area contributed by atoms with Gasteiger partial charge in [0.15, 0.2) is 5.96 Å². The van der Waals surface area contributed by atoms with Crippen molar-refractivity contribution in [1.82, 2.24) is 10.3 Å². The van der Waals surface area contributed by atoms with Gasteiger partial charge in [-0.05, 0) is 48.5 Å². The third-order valence-corrected chi connectivity index (χ3v) is 4.93. The van der Waals surface area contributed by atoms with Crippen LogP contribution in [0.15, 0.2) is 54.6 Å². The van der Waals surface area contributed by atoms with Crippen LogP contribution >= 0.6 is 23.2 Å². The summed E-state index contributed by atoms with van der Waals surface area (Å²) >= 11 is 12.2. The van der Waals surface area contributed by atoms with E-state index in [0.29, 0.717) is 28.9 Å². The van der Waals surface area contributed by atoms with Crippen molar-refractivity contribution >= 4 is 62.3 Å². The number of fused-ring (bicyclic) bond motifs is 3. The molecule has 0 saturated carbocycles. The number of nitrogens with one attached hydrogen (secondary N) is 4. The van der Waals surface area contributed by atoms with Gasteiger partial charge in [-0.2, -0.15) is 0 Å². The van der Waals surface area contributed by atoms with Crippen molar-refractivity contribution in [3.8, 4) is 5.75 Å². The van der Waals surface area contributed by atoms with Gasteiger partial charge in [-0.3, -0.25) is 5.41 Å². The van der Waals surface area contributed by atoms with E-state index in [1.54, 1.807) is 0 Å². The Kier molecular flexibility index (Phi) is 5.38. The fraction of sp³-hybridized carbons (Fsp3) is 0.0952. The van der Waals surface area contributed by atoms with E-state index in [0.717, 1.165) is 33.2 Å². The summed E-state index contributed by atoms with van der Waals surface area (Å²) in [5, 5.41) is 16.7. The molecule has 148 valence electrons. The zero-order valence-corrected chi connectivity index (χ0v) is 16.9. The van der Waals surface area contributed by atoms with Gasteiger partial charge < -0.3 is 26.1 Å². The molecule has 0 aliphatic carbocycles. The number of aromatic nitrogens is 1. The molecule has 1 aromatic heterocycles. The molecule has 8 heteroatoms. The molecule has 4 aromatic rings. The van der Waals surface area contributed by atoms with Crippen LogP contribution in [0.1, 0.15) is 0 Å². The van der Waals surface area contributed by atoms with Crippen LogP contribution in [0.5, 0.6) is 5.75 Å². The van der Waals surface area contributed by atoms with E-state index < -0.39 is 0 Å². The van der Waals surface area contributed by atoms with Crippen LogP contribution in [-0.2, 0) is 0 Å². The SMILES string of the molecule is N=C(N)NCCOc1cc(Nc2ccc(Cl)cc2)cc2c1[nH]c1ccc(Cl)cc12. The first-order valence-corrected chi connectivity index (χ1v) is 9.73. The minimum Gasteiger partial charge on any atom is -0.489 e. The molecule has 0 atom stereocenters. The molecule has 0 amide bonds. The molecule has 6 nitrogen and oxygen atoms in total. The van der Waals surface area contributed by atoms with Crippen LogP contribution in [-0.4, -0.2) is 24.1 Å². The van der Waals surface area contributed by atoms with E-state index in [2.05, 4.69) is 21.7 Å². The maximum absolute atomic E-state index is 7.25. The number of guanidine groups is 1. The molecular formula is C21H19Cl2N5O. The van der Waals surface area contributed by atoms with E-state index in [-0.39, 0.29) is 5.96 Å². The van der Waals surface area contributed by atoms with Gasteiger partial charge in [-0.15, -0.1) is 0 Å². The molecule has 6 N–H and O–H groups in total. The lowest BCUT2D eigenvalue weighted by molar-refractivity contribution is 0.325. The van der Waals surface area contributed by atoms with E-state index in [9.17, 15) is 0 Å². The zero-order chi connectivity index (χ0) is 20.4. The maximum Gasteiger partial charge on any atom is 0.185 e. The van der Waals surface area contributed by atoms with Crippen molar-refractivity contribution in [3.05, 3.63) is 64.6 Å². The Morgan fingerprint density at radius 2 is 1.72 bits per heavy atom. The highest BCUT2D eigenvalue weighted by molar-refractivity contribution is 6.32. The molecule has 3 aromatic carbocycles. The van der Waals surface area contributed by atoms with Crippen LogP contribution in [0.3, 0.4) is 0 Å². The van der Waals surface area contributed by atoms with Crippen LogP contribution in [0.2, 0.25) is 10.0 Å². The molecule has 4 rings (SSSR count). The van der Waals surface area contributed by atoms with Crippen LogP contribution in [0.25, 0.3) is 21.8 Å². The number of rotatable bonds is 6. The predicted molar refractivity (Wildman–Crippen MR) is 121 cm³/mol. The third kappa shape index (κ3) is 4.34. The van der Waals surface area contributed by atoms with Crippen molar-refractivity contribution < 1.29 is 4.74 Å². The largest absolute Gasteiger partial charge is 0.489 e.